The summed E-state index contributed by atoms with van der Waals surface area (Å²) in [5.74, 6) is 0.907. The predicted octanol–water partition coefficient (Wildman–Crippen LogP) is 4.38. The van der Waals surface area contributed by atoms with Crippen molar-refractivity contribution < 1.29 is 13.2 Å². The fourth-order valence-corrected chi connectivity index (χ4v) is 1.87. The van der Waals surface area contributed by atoms with Crippen molar-refractivity contribution in [1.29, 1.82) is 0 Å². The molecule has 0 aliphatic carbocycles. The highest BCUT2D eigenvalue weighted by atomic mass is 19.4. The van der Waals surface area contributed by atoms with Gasteiger partial charge in [-0.3, -0.25) is 0 Å². The Morgan fingerprint density at radius 3 is 2.12 bits per heavy atom. The SMILES string of the molecule is CCCNC(CCCC(F)(F)F)C(C)C(C)C. The third kappa shape index (κ3) is 8.47. The second-order valence-electron chi connectivity index (χ2n) is 5.17. The molecule has 1 nitrogen and oxygen atoms in total. The van der Waals surface area contributed by atoms with Crippen molar-refractivity contribution in [3.05, 3.63) is 0 Å². The van der Waals surface area contributed by atoms with Gasteiger partial charge >= 0.3 is 6.18 Å². The van der Waals surface area contributed by atoms with Crippen LogP contribution in [0.15, 0.2) is 0 Å². The minimum atomic E-state index is -4.02. The molecule has 17 heavy (non-hydrogen) atoms. The van der Waals surface area contributed by atoms with E-state index >= 15 is 0 Å². The average Bonchev–Trinajstić information content (AvgIpc) is 2.20. The fourth-order valence-electron chi connectivity index (χ4n) is 1.87. The van der Waals surface area contributed by atoms with Gasteiger partial charge in [-0.2, -0.15) is 13.2 Å². The molecule has 1 N–H and O–H groups in total. The van der Waals surface area contributed by atoms with Crippen LogP contribution in [0.5, 0.6) is 0 Å². The Hall–Kier alpha value is -0.250. The van der Waals surface area contributed by atoms with Crippen LogP contribution in [0.2, 0.25) is 0 Å². The molecule has 2 atom stereocenters. The van der Waals surface area contributed by atoms with Crippen molar-refractivity contribution >= 4 is 0 Å². The lowest BCUT2D eigenvalue weighted by atomic mass is 9.87. The molecular weight excluding hydrogens is 227 g/mol. The Morgan fingerprint density at radius 2 is 1.71 bits per heavy atom. The first-order valence-corrected chi connectivity index (χ1v) is 6.58. The van der Waals surface area contributed by atoms with Crippen LogP contribution in [0.1, 0.15) is 53.4 Å². The maximum absolute atomic E-state index is 12.1. The first-order valence-electron chi connectivity index (χ1n) is 6.58. The third-order valence-electron chi connectivity index (χ3n) is 3.32. The quantitative estimate of drug-likeness (QED) is 0.677. The van der Waals surface area contributed by atoms with Crippen molar-refractivity contribution in [1.82, 2.24) is 5.32 Å². The van der Waals surface area contributed by atoms with E-state index in [0.29, 0.717) is 18.3 Å². The van der Waals surface area contributed by atoms with Crippen molar-refractivity contribution in [3.8, 4) is 0 Å². The molecule has 0 fully saturated rings. The van der Waals surface area contributed by atoms with Gasteiger partial charge < -0.3 is 5.32 Å². The predicted molar refractivity (Wildman–Crippen MR) is 66.0 cm³/mol. The van der Waals surface area contributed by atoms with Gasteiger partial charge in [-0.15, -0.1) is 0 Å². The van der Waals surface area contributed by atoms with Gasteiger partial charge in [-0.1, -0.05) is 27.7 Å². The molecule has 0 aromatic heterocycles. The van der Waals surface area contributed by atoms with E-state index in [4.69, 9.17) is 0 Å². The third-order valence-corrected chi connectivity index (χ3v) is 3.32. The summed E-state index contributed by atoms with van der Waals surface area (Å²) in [6.45, 7) is 9.31. The molecule has 0 rings (SSSR count). The number of halogens is 3. The van der Waals surface area contributed by atoms with Crippen LogP contribution in [0.3, 0.4) is 0 Å². The number of hydrogen-bond acceptors (Lipinski definition) is 1. The molecule has 0 aromatic carbocycles. The van der Waals surface area contributed by atoms with E-state index in [1.807, 2.05) is 0 Å². The van der Waals surface area contributed by atoms with Gasteiger partial charge in [0.05, 0.1) is 0 Å². The molecular formula is C13H26F3N. The Bertz CT molecular complexity index is 190. The molecule has 0 saturated carbocycles. The van der Waals surface area contributed by atoms with Gasteiger partial charge in [0.2, 0.25) is 0 Å². The zero-order valence-corrected chi connectivity index (χ0v) is 11.4. The highest BCUT2D eigenvalue weighted by Crippen LogP contribution is 2.25. The summed E-state index contributed by atoms with van der Waals surface area (Å²) in [5.41, 5.74) is 0. The Balaban J connectivity index is 4.10. The maximum Gasteiger partial charge on any atom is 0.389 e. The molecule has 0 radical (unpaired) electrons. The standard InChI is InChI=1S/C13H26F3N/c1-5-9-17-12(11(4)10(2)3)7-6-8-13(14,15)16/h10-12,17H,5-9H2,1-4H3. The fraction of sp³-hybridized carbons (Fsp3) is 1.00. The summed E-state index contributed by atoms with van der Waals surface area (Å²) in [6, 6.07) is 0.206. The molecule has 0 aromatic rings. The Labute approximate surface area is 103 Å². The van der Waals surface area contributed by atoms with Crippen LogP contribution in [-0.4, -0.2) is 18.8 Å². The summed E-state index contributed by atoms with van der Waals surface area (Å²) in [6.07, 6.45) is -2.83. The van der Waals surface area contributed by atoms with Crippen LogP contribution >= 0.6 is 0 Å². The Kier molecular flexibility index (Phi) is 7.84. The summed E-state index contributed by atoms with van der Waals surface area (Å²) in [4.78, 5) is 0. The molecule has 0 aliphatic rings. The number of hydrogen-bond donors (Lipinski definition) is 1. The molecule has 0 heterocycles. The maximum atomic E-state index is 12.1. The normalized spacial score (nSPS) is 16.2. The summed E-state index contributed by atoms with van der Waals surface area (Å²) >= 11 is 0. The van der Waals surface area contributed by atoms with Gasteiger partial charge in [-0.05, 0) is 37.6 Å². The molecule has 4 heteroatoms. The average molecular weight is 253 g/mol. The van der Waals surface area contributed by atoms with Crippen LogP contribution in [0, 0.1) is 11.8 Å². The van der Waals surface area contributed by atoms with E-state index in [1.54, 1.807) is 0 Å². The van der Waals surface area contributed by atoms with E-state index in [-0.39, 0.29) is 12.5 Å². The minimum absolute atomic E-state index is 0.206. The second kappa shape index (κ2) is 7.96. The monoisotopic (exact) mass is 253 g/mol. The van der Waals surface area contributed by atoms with Crippen LogP contribution in [0.25, 0.3) is 0 Å². The van der Waals surface area contributed by atoms with Gasteiger partial charge in [0.15, 0.2) is 0 Å². The molecule has 2 unspecified atom stereocenters. The molecule has 104 valence electrons. The van der Waals surface area contributed by atoms with E-state index in [9.17, 15) is 13.2 Å². The van der Waals surface area contributed by atoms with Crippen molar-refractivity contribution in [2.75, 3.05) is 6.54 Å². The van der Waals surface area contributed by atoms with E-state index in [2.05, 4.69) is 33.0 Å². The first-order chi connectivity index (χ1) is 7.78. The zero-order chi connectivity index (χ0) is 13.5. The molecule has 0 amide bonds. The number of nitrogens with one attached hydrogen (secondary N) is 1. The molecule has 0 bridgehead atoms. The highest BCUT2D eigenvalue weighted by molar-refractivity contribution is 4.76. The number of rotatable bonds is 8. The molecule has 0 saturated heterocycles. The van der Waals surface area contributed by atoms with Crippen LogP contribution < -0.4 is 5.32 Å². The van der Waals surface area contributed by atoms with Crippen molar-refractivity contribution in [2.45, 2.75) is 65.6 Å². The highest BCUT2D eigenvalue weighted by Gasteiger charge is 2.27. The lowest BCUT2D eigenvalue weighted by molar-refractivity contribution is -0.136. The van der Waals surface area contributed by atoms with E-state index in [0.717, 1.165) is 13.0 Å². The number of alkyl halides is 3. The van der Waals surface area contributed by atoms with Crippen molar-refractivity contribution in [2.24, 2.45) is 11.8 Å². The summed E-state index contributed by atoms with van der Waals surface area (Å²) in [5, 5.41) is 3.37. The molecule has 0 spiro atoms. The summed E-state index contributed by atoms with van der Waals surface area (Å²) in [7, 11) is 0. The largest absolute Gasteiger partial charge is 0.389 e. The van der Waals surface area contributed by atoms with Crippen LogP contribution in [0.4, 0.5) is 13.2 Å². The van der Waals surface area contributed by atoms with E-state index in [1.165, 1.54) is 0 Å². The van der Waals surface area contributed by atoms with Gasteiger partial charge in [0, 0.05) is 12.5 Å². The van der Waals surface area contributed by atoms with Crippen molar-refractivity contribution in [3.63, 3.8) is 0 Å². The zero-order valence-electron chi connectivity index (χ0n) is 11.4. The first kappa shape index (κ1) is 16.8. The van der Waals surface area contributed by atoms with Gasteiger partial charge in [0.1, 0.15) is 0 Å². The lowest BCUT2D eigenvalue weighted by Crippen LogP contribution is -2.37. The minimum Gasteiger partial charge on any atom is -0.314 e. The van der Waals surface area contributed by atoms with Crippen LogP contribution in [-0.2, 0) is 0 Å². The van der Waals surface area contributed by atoms with E-state index < -0.39 is 12.6 Å². The summed E-state index contributed by atoms with van der Waals surface area (Å²) < 4.78 is 36.3. The topological polar surface area (TPSA) is 12.0 Å². The van der Waals surface area contributed by atoms with Gasteiger partial charge in [0.25, 0.3) is 0 Å². The lowest BCUT2D eigenvalue weighted by Gasteiger charge is -2.28. The van der Waals surface area contributed by atoms with Gasteiger partial charge in [-0.25, -0.2) is 0 Å². The molecule has 0 aliphatic heterocycles. The Morgan fingerprint density at radius 1 is 1.12 bits per heavy atom. The second-order valence-corrected chi connectivity index (χ2v) is 5.17. The smallest absolute Gasteiger partial charge is 0.314 e.